The zero-order valence-corrected chi connectivity index (χ0v) is 20.3. The molecule has 4 heterocycles. The van der Waals surface area contributed by atoms with Crippen LogP contribution in [-0.4, -0.2) is 54.1 Å². The van der Waals surface area contributed by atoms with Gasteiger partial charge in [0.15, 0.2) is 17.3 Å². The Morgan fingerprint density at radius 3 is 2.78 bits per heavy atom. The number of β-amino-alcohol motifs (C(OH)–C–C–N with tert-alkyl or cyclic N) is 1. The molecule has 4 aromatic rings. The number of aromatic nitrogens is 1. The number of rotatable bonds is 8. The van der Waals surface area contributed by atoms with Gasteiger partial charge in [0, 0.05) is 19.0 Å². The topological polar surface area (TPSA) is 90.3 Å². The Bertz CT molecular complexity index is 1340. The number of likely N-dealkylation sites (tertiary alicyclic amines) is 1. The van der Waals surface area contributed by atoms with Crippen LogP contribution in [0.5, 0.6) is 17.2 Å². The molecule has 0 saturated carbocycles. The van der Waals surface area contributed by atoms with Crippen molar-refractivity contribution in [2.24, 2.45) is 0 Å². The van der Waals surface area contributed by atoms with Crippen molar-refractivity contribution in [1.82, 2.24) is 9.88 Å². The summed E-state index contributed by atoms with van der Waals surface area (Å²) in [6.07, 6.45) is 3.99. The van der Waals surface area contributed by atoms with Crippen LogP contribution in [-0.2, 0) is 6.42 Å². The van der Waals surface area contributed by atoms with Gasteiger partial charge in [-0.1, -0.05) is 19.1 Å². The van der Waals surface area contributed by atoms with Gasteiger partial charge in [0.05, 0.1) is 11.6 Å². The lowest BCUT2D eigenvalue weighted by atomic mass is 9.89. The number of aryl methyl sites for hydroxylation is 1. The Labute approximate surface area is 209 Å². The maximum absolute atomic E-state index is 10.7. The van der Waals surface area contributed by atoms with Gasteiger partial charge in [-0.2, -0.15) is 0 Å². The number of hydrogen-bond donors (Lipinski definition) is 1. The van der Waals surface area contributed by atoms with E-state index in [1.165, 1.54) is 5.56 Å². The van der Waals surface area contributed by atoms with Crippen LogP contribution in [0.15, 0.2) is 57.5 Å². The van der Waals surface area contributed by atoms with Crippen LogP contribution in [0.3, 0.4) is 0 Å². The minimum absolute atomic E-state index is 0.209. The highest BCUT2D eigenvalue weighted by Gasteiger charge is 2.24. The zero-order valence-electron chi connectivity index (χ0n) is 20.3. The molecule has 36 heavy (non-hydrogen) atoms. The molecule has 6 rings (SSSR count). The van der Waals surface area contributed by atoms with E-state index in [1.807, 2.05) is 37.3 Å². The fraction of sp³-hybridized carbons (Fsp3) is 0.393. The number of benzene rings is 2. The molecular formula is C28H30N2O6. The van der Waals surface area contributed by atoms with Crippen molar-refractivity contribution < 1.29 is 28.2 Å². The van der Waals surface area contributed by atoms with E-state index in [0.717, 1.165) is 55.0 Å². The van der Waals surface area contributed by atoms with E-state index in [9.17, 15) is 5.11 Å². The van der Waals surface area contributed by atoms with E-state index in [2.05, 4.69) is 22.0 Å². The third-order valence-corrected chi connectivity index (χ3v) is 6.99. The van der Waals surface area contributed by atoms with Crippen molar-refractivity contribution in [1.29, 1.82) is 0 Å². The van der Waals surface area contributed by atoms with Gasteiger partial charge in [-0.25, -0.2) is 4.98 Å². The minimum atomic E-state index is -0.590. The summed E-state index contributed by atoms with van der Waals surface area (Å²) >= 11 is 0. The van der Waals surface area contributed by atoms with E-state index in [1.54, 1.807) is 6.20 Å². The first-order chi connectivity index (χ1) is 17.7. The lowest BCUT2D eigenvalue weighted by Crippen LogP contribution is -2.40. The third kappa shape index (κ3) is 4.66. The van der Waals surface area contributed by atoms with Crippen LogP contribution >= 0.6 is 0 Å². The molecule has 0 amide bonds. The van der Waals surface area contributed by atoms with Gasteiger partial charge in [0.1, 0.15) is 29.8 Å². The molecule has 1 saturated heterocycles. The Hall–Kier alpha value is -3.49. The molecule has 1 unspecified atom stereocenters. The lowest BCUT2D eigenvalue weighted by molar-refractivity contribution is 0.0599. The summed E-state index contributed by atoms with van der Waals surface area (Å²) in [4.78, 5) is 6.61. The quantitative estimate of drug-likeness (QED) is 0.369. The summed E-state index contributed by atoms with van der Waals surface area (Å²) in [5.74, 6) is 4.66. The Kier molecular flexibility index (Phi) is 6.29. The van der Waals surface area contributed by atoms with Crippen LogP contribution in [0.25, 0.3) is 22.6 Å². The summed E-state index contributed by atoms with van der Waals surface area (Å²) < 4.78 is 28.6. The molecule has 8 nitrogen and oxygen atoms in total. The summed E-state index contributed by atoms with van der Waals surface area (Å²) in [5, 5.41) is 11.5. The van der Waals surface area contributed by atoms with Crippen molar-refractivity contribution in [3.05, 3.63) is 60.0 Å². The summed E-state index contributed by atoms with van der Waals surface area (Å²) in [6.45, 7) is 4.98. The molecule has 0 aliphatic carbocycles. The largest absolute Gasteiger partial charge is 0.490 e. The van der Waals surface area contributed by atoms with Crippen molar-refractivity contribution in [3.63, 3.8) is 0 Å². The first kappa shape index (κ1) is 22.9. The van der Waals surface area contributed by atoms with Crippen LogP contribution in [0, 0.1) is 0 Å². The maximum atomic E-state index is 10.7. The molecule has 8 heteroatoms. The number of fused-ring (bicyclic) bond motifs is 2. The van der Waals surface area contributed by atoms with Gasteiger partial charge >= 0.3 is 0 Å². The number of piperidine rings is 1. The van der Waals surface area contributed by atoms with Gasteiger partial charge < -0.3 is 33.1 Å². The average molecular weight is 491 g/mol. The zero-order chi connectivity index (χ0) is 24.5. The second-order valence-electron chi connectivity index (χ2n) is 9.42. The number of nitrogens with zero attached hydrogens (tertiary/aromatic N) is 2. The van der Waals surface area contributed by atoms with Gasteiger partial charge in [-0.05, 0) is 61.7 Å². The molecular weight excluding hydrogens is 460 g/mol. The van der Waals surface area contributed by atoms with Crippen LogP contribution in [0.2, 0.25) is 0 Å². The van der Waals surface area contributed by atoms with E-state index in [0.29, 0.717) is 42.2 Å². The first-order valence-electron chi connectivity index (χ1n) is 12.6. The van der Waals surface area contributed by atoms with Gasteiger partial charge in [-0.15, -0.1) is 0 Å². The number of aliphatic hydroxyl groups is 1. The third-order valence-electron chi connectivity index (χ3n) is 6.99. The fourth-order valence-electron chi connectivity index (χ4n) is 5.00. The second-order valence-corrected chi connectivity index (χ2v) is 9.42. The molecule has 1 N–H and O–H groups in total. The average Bonchev–Trinajstić information content (AvgIpc) is 3.66. The number of furan rings is 1. The highest BCUT2D eigenvalue weighted by atomic mass is 16.7. The molecule has 0 radical (unpaired) electrons. The predicted octanol–water partition coefficient (Wildman–Crippen LogP) is 5.00. The van der Waals surface area contributed by atoms with E-state index in [4.69, 9.17) is 23.0 Å². The standard InChI is InChI=1S/C28H30N2O6/c1-2-21-14-29-28(35-21)27-13-22-23(4-3-5-24(22)36-27)32-16-20(31)15-30-10-8-18(9-11-30)19-6-7-25-26(12-19)34-17-33-25/h3-7,12-14,18,20,31H,2,8-11,15-17H2,1H3. The minimum Gasteiger partial charge on any atom is -0.490 e. The van der Waals surface area contributed by atoms with E-state index in [-0.39, 0.29) is 6.61 Å². The second kappa shape index (κ2) is 9.87. The van der Waals surface area contributed by atoms with Crippen LogP contribution < -0.4 is 14.2 Å². The van der Waals surface area contributed by atoms with E-state index < -0.39 is 6.10 Å². The summed E-state index contributed by atoms with van der Waals surface area (Å²) in [7, 11) is 0. The normalized spacial score (nSPS) is 17.1. The first-order valence-corrected chi connectivity index (χ1v) is 12.6. The van der Waals surface area contributed by atoms with Gasteiger partial charge in [0.25, 0.3) is 5.89 Å². The molecule has 0 bridgehead atoms. The number of ether oxygens (including phenoxy) is 3. The molecule has 1 fully saturated rings. The summed E-state index contributed by atoms with van der Waals surface area (Å²) in [5.41, 5.74) is 1.99. The number of aliphatic hydroxyl groups excluding tert-OH is 1. The van der Waals surface area contributed by atoms with Crippen molar-refractivity contribution in [2.45, 2.75) is 38.2 Å². The van der Waals surface area contributed by atoms with E-state index >= 15 is 0 Å². The maximum Gasteiger partial charge on any atom is 0.263 e. The molecule has 2 aromatic carbocycles. The monoisotopic (exact) mass is 490 g/mol. The lowest BCUT2D eigenvalue weighted by Gasteiger charge is -2.33. The Balaban J connectivity index is 1.03. The molecule has 0 spiro atoms. The Morgan fingerprint density at radius 2 is 1.94 bits per heavy atom. The van der Waals surface area contributed by atoms with Gasteiger partial charge in [0.2, 0.25) is 6.79 Å². The highest BCUT2D eigenvalue weighted by molar-refractivity contribution is 5.87. The summed E-state index contributed by atoms with van der Waals surface area (Å²) in [6, 6.07) is 13.8. The molecule has 2 aromatic heterocycles. The van der Waals surface area contributed by atoms with Crippen molar-refractivity contribution >= 4 is 11.0 Å². The SMILES string of the molecule is CCc1cnc(-c2cc3c(OCC(O)CN4CCC(c5ccc6c(c5)OCO6)CC4)cccc3o2)o1. The molecule has 188 valence electrons. The molecule has 2 aliphatic heterocycles. The molecule has 2 aliphatic rings. The smallest absolute Gasteiger partial charge is 0.263 e. The Morgan fingerprint density at radius 1 is 1.08 bits per heavy atom. The number of hydrogen-bond acceptors (Lipinski definition) is 8. The highest BCUT2D eigenvalue weighted by Crippen LogP contribution is 2.37. The van der Waals surface area contributed by atoms with Crippen molar-refractivity contribution in [2.75, 3.05) is 33.0 Å². The molecule has 1 atom stereocenters. The number of oxazole rings is 1. The van der Waals surface area contributed by atoms with Crippen LogP contribution in [0.1, 0.15) is 37.0 Å². The fourth-order valence-corrected chi connectivity index (χ4v) is 5.00. The van der Waals surface area contributed by atoms with Gasteiger partial charge in [-0.3, -0.25) is 0 Å². The van der Waals surface area contributed by atoms with Crippen LogP contribution in [0.4, 0.5) is 0 Å². The van der Waals surface area contributed by atoms with Crippen molar-refractivity contribution in [3.8, 4) is 28.9 Å². The predicted molar refractivity (Wildman–Crippen MR) is 134 cm³/mol.